The van der Waals surface area contributed by atoms with Crippen LogP contribution in [-0.2, 0) is 9.53 Å². The lowest BCUT2D eigenvalue weighted by Crippen LogP contribution is -2.57. The van der Waals surface area contributed by atoms with E-state index in [2.05, 4.69) is 10.1 Å². The van der Waals surface area contributed by atoms with E-state index in [1.54, 1.807) is 4.90 Å². The van der Waals surface area contributed by atoms with E-state index in [1.807, 2.05) is 55.5 Å². The number of nitrogens with zero attached hydrogens (tertiary/aromatic N) is 3. The molecule has 0 unspecified atom stereocenters. The highest BCUT2D eigenvalue weighted by molar-refractivity contribution is 5.78. The molecule has 0 spiro atoms. The van der Waals surface area contributed by atoms with Crippen LogP contribution in [0.2, 0.25) is 0 Å². The number of amides is 1. The normalized spacial score (nSPS) is 16.9. The lowest BCUT2D eigenvalue weighted by Gasteiger charge is -2.38. The molecule has 3 aromatic rings. The van der Waals surface area contributed by atoms with E-state index in [0.717, 1.165) is 42.9 Å². The lowest BCUT2D eigenvalue weighted by molar-refractivity contribution is -0.142. The maximum atomic E-state index is 12.3. The summed E-state index contributed by atoms with van der Waals surface area (Å²) in [5, 5.41) is 4.13. The van der Waals surface area contributed by atoms with Crippen molar-refractivity contribution in [2.75, 3.05) is 32.9 Å². The average molecular weight is 450 g/mol. The van der Waals surface area contributed by atoms with Crippen LogP contribution in [0.4, 0.5) is 0 Å². The van der Waals surface area contributed by atoms with Crippen molar-refractivity contribution in [2.45, 2.75) is 31.8 Å². The molecule has 3 heterocycles. The number of carbonyl (C=O) groups excluding carboxylic acids is 1. The van der Waals surface area contributed by atoms with Crippen molar-refractivity contribution in [3.63, 3.8) is 0 Å². The van der Waals surface area contributed by atoms with Gasteiger partial charge in [0.1, 0.15) is 17.6 Å². The van der Waals surface area contributed by atoms with Gasteiger partial charge in [0.15, 0.2) is 6.61 Å². The first kappa shape index (κ1) is 21.5. The number of ether oxygens (including phenoxy) is 3. The zero-order valence-electron chi connectivity index (χ0n) is 18.6. The van der Waals surface area contributed by atoms with Crippen molar-refractivity contribution in [3.8, 4) is 22.9 Å². The molecule has 172 valence electrons. The molecule has 0 radical (unpaired) electrons. The topological polar surface area (TPSA) is 86.9 Å². The van der Waals surface area contributed by atoms with E-state index in [-0.39, 0.29) is 24.5 Å². The van der Waals surface area contributed by atoms with Crippen LogP contribution in [0, 0.1) is 6.92 Å². The Kier molecular flexibility index (Phi) is 6.26. The molecule has 1 aromatic heterocycles. The Bertz CT molecular complexity index is 1070. The van der Waals surface area contributed by atoms with E-state index in [1.165, 1.54) is 0 Å². The first-order chi connectivity index (χ1) is 16.1. The van der Waals surface area contributed by atoms with Crippen molar-refractivity contribution in [1.82, 2.24) is 15.0 Å². The number of benzene rings is 2. The van der Waals surface area contributed by atoms with Crippen LogP contribution in [0.3, 0.4) is 0 Å². The van der Waals surface area contributed by atoms with E-state index < -0.39 is 0 Å². The third-order valence-electron chi connectivity index (χ3n) is 6.01. The summed E-state index contributed by atoms with van der Waals surface area (Å²) in [6, 6.07) is 15.3. The van der Waals surface area contributed by atoms with Crippen LogP contribution < -0.4 is 9.47 Å². The fraction of sp³-hybridized carbons (Fsp3) is 0.400. The molecule has 1 amide bonds. The Hall–Kier alpha value is -3.39. The Morgan fingerprint density at radius 3 is 2.45 bits per heavy atom. The maximum Gasteiger partial charge on any atom is 0.260 e. The molecule has 8 heteroatoms. The minimum Gasteiger partial charge on any atom is -0.487 e. The zero-order chi connectivity index (χ0) is 22.6. The van der Waals surface area contributed by atoms with Crippen molar-refractivity contribution in [3.05, 3.63) is 60.0 Å². The molecular formula is C25H27N3O5. The molecule has 33 heavy (non-hydrogen) atoms. The zero-order valence-corrected chi connectivity index (χ0v) is 18.6. The Morgan fingerprint density at radius 2 is 1.73 bits per heavy atom. The standard InChI is InChI=1S/C25H27N3O5/c1-17-2-6-20(7-3-17)31-16-23(29)28-14-22(15-28)32-21-8-4-18(5-9-21)24-26-25(33-27-24)19-10-12-30-13-11-19/h2-9,19,22H,10-16H2,1H3. The van der Waals surface area contributed by atoms with Gasteiger partial charge in [0.05, 0.1) is 13.1 Å². The van der Waals surface area contributed by atoms with Gasteiger partial charge in [-0.15, -0.1) is 0 Å². The van der Waals surface area contributed by atoms with Crippen molar-refractivity contribution >= 4 is 5.91 Å². The van der Waals surface area contributed by atoms with E-state index >= 15 is 0 Å². The SMILES string of the molecule is Cc1ccc(OCC(=O)N2CC(Oc3ccc(-c4noc(C5CCOCC5)n4)cc3)C2)cc1. The molecule has 5 rings (SSSR count). The predicted octanol–water partition coefficient (Wildman–Crippen LogP) is 3.61. The minimum atomic E-state index is -0.0387. The average Bonchev–Trinajstić information content (AvgIpc) is 3.32. The fourth-order valence-electron chi connectivity index (χ4n) is 3.93. The van der Waals surface area contributed by atoms with Crippen LogP contribution in [0.25, 0.3) is 11.4 Å². The summed E-state index contributed by atoms with van der Waals surface area (Å²) in [5.74, 6) is 2.94. The predicted molar refractivity (Wildman–Crippen MR) is 120 cm³/mol. The van der Waals surface area contributed by atoms with Crippen molar-refractivity contribution < 1.29 is 23.5 Å². The van der Waals surface area contributed by atoms with Gasteiger partial charge < -0.3 is 23.6 Å². The third kappa shape index (κ3) is 5.17. The molecule has 2 aliphatic rings. The fourth-order valence-corrected chi connectivity index (χ4v) is 3.93. The second kappa shape index (κ2) is 9.62. The van der Waals surface area contributed by atoms with Gasteiger partial charge in [0, 0.05) is 24.7 Å². The van der Waals surface area contributed by atoms with Gasteiger partial charge >= 0.3 is 0 Å². The van der Waals surface area contributed by atoms with E-state index in [4.69, 9.17) is 18.7 Å². The number of rotatable bonds is 7. The van der Waals surface area contributed by atoms with Gasteiger partial charge in [-0.3, -0.25) is 4.79 Å². The number of carbonyl (C=O) groups is 1. The monoisotopic (exact) mass is 449 g/mol. The summed E-state index contributed by atoms with van der Waals surface area (Å²) in [6.45, 7) is 4.62. The summed E-state index contributed by atoms with van der Waals surface area (Å²) < 4.78 is 22.4. The summed E-state index contributed by atoms with van der Waals surface area (Å²) in [5.41, 5.74) is 2.03. The summed E-state index contributed by atoms with van der Waals surface area (Å²) in [6.07, 6.45) is 1.80. The summed E-state index contributed by atoms with van der Waals surface area (Å²) >= 11 is 0. The number of hydrogen-bond donors (Lipinski definition) is 0. The molecule has 0 N–H and O–H groups in total. The minimum absolute atomic E-state index is 0.0236. The highest BCUT2D eigenvalue weighted by Crippen LogP contribution is 2.28. The number of likely N-dealkylation sites (tertiary alicyclic amines) is 1. The molecule has 0 bridgehead atoms. The summed E-state index contributed by atoms with van der Waals surface area (Å²) in [4.78, 5) is 18.6. The number of aromatic nitrogens is 2. The number of aryl methyl sites for hydroxylation is 1. The molecule has 8 nitrogen and oxygen atoms in total. The van der Waals surface area contributed by atoms with Crippen LogP contribution in [0.5, 0.6) is 11.5 Å². The highest BCUT2D eigenvalue weighted by atomic mass is 16.5. The molecule has 0 aliphatic carbocycles. The van der Waals surface area contributed by atoms with Gasteiger partial charge in [-0.1, -0.05) is 22.9 Å². The third-order valence-corrected chi connectivity index (χ3v) is 6.01. The Labute approximate surface area is 192 Å². The molecule has 2 aromatic carbocycles. The quantitative estimate of drug-likeness (QED) is 0.545. The van der Waals surface area contributed by atoms with Crippen LogP contribution in [0.1, 0.15) is 30.2 Å². The first-order valence-electron chi connectivity index (χ1n) is 11.3. The van der Waals surface area contributed by atoms with Crippen LogP contribution >= 0.6 is 0 Å². The van der Waals surface area contributed by atoms with Gasteiger partial charge in [-0.2, -0.15) is 4.98 Å². The van der Waals surface area contributed by atoms with Crippen molar-refractivity contribution in [1.29, 1.82) is 0 Å². The van der Waals surface area contributed by atoms with Gasteiger partial charge in [0.25, 0.3) is 5.91 Å². The van der Waals surface area contributed by atoms with Gasteiger partial charge in [-0.25, -0.2) is 0 Å². The van der Waals surface area contributed by atoms with Crippen LogP contribution in [0.15, 0.2) is 53.1 Å². The first-order valence-corrected chi connectivity index (χ1v) is 11.3. The lowest BCUT2D eigenvalue weighted by atomic mass is 10.0. The molecule has 2 aliphatic heterocycles. The Balaban J connectivity index is 1.08. The van der Waals surface area contributed by atoms with Gasteiger partial charge in [-0.05, 0) is 56.2 Å². The van der Waals surface area contributed by atoms with Gasteiger partial charge in [0.2, 0.25) is 11.7 Å². The second-order valence-corrected chi connectivity index (χ2v) is 8.51. The molecular weight excluding hydrogens is 422 g/mol. The molecule has 0 saturated carbocycles. The highest BCUT2D eigenvalue weighted by Gasteiger charge is 2.32. The van der Waals surface area contributed by atoms with E-state index in [9.17, 15) is 4.79 Å². The smallest absolute Gasteiger partial charge is 0.260 e. The van der Waals surface area contributed by atoms with Crippen molar-refractivity contribution in [2.24, 2.45) is 0 Å². The van der Waals surface area contributed by atoms with Crippen LogP contribution in [-0.4, -0.2) is 60.0 Å². The second-order valence-electron chi connectivity index (χ2n) is 8.51. The summed E-state index contributed by atoms with van der Waals surface area (Å²) in [7, 11) is 0. The molecule has 0 atom stereocenters. The Morgan fingerprint density at radius 1 is 1.03 bits per heavy atom. The largest absolute Gasteiger partial charge is 0.487 e. The molecule has 2 fully saturated rings. The number of hydrogen-bond acceptors (Lipinski definition) is 7. The molecule has 2 saturated heterocycles. The van der Waals surface area contributed by atoms with E-state index in [0.29, 0.717) is 30.6 Å². The maximum absolute atomic E-state index is 12.3.